The summed E-state index contributed by atoms with van der Waals surface area (Å²) in [6.07, 6.45) is 0. The third-order valence-corrected chi connectivity index (χ3v) is 6.36. The van der Waals surface area contributed by atoms with Crippen LogP contribution >= 0.6 is 23.4 Å². The molecule has 0 saturated heterocycles. The van der Waals surface area contributed by atoms with E-state index in [0.717, 1.165) is 16.8 Å². The van der Waals surface area contributed by atoms with Gasteiger partial charge in [-0.25, -0.2) is 4.98 Å². The van der Waals surface area contributed by atoms with Crippen LogP contribution in [0.2, 0.25) is 5.02 Å². The molecule has 0 radical (unpaired) electrons. The number of aromatic nitrogens is 4. The minimum atomic E-state index is -0.115. The van der Waals surface area contributed by atoms with E-state index in [2.05, 4.69) is 16.3 Å². The number of thioether (sulfide) groups is 1. The van der Waals surface area contributed by atoms with E-state index in [0.29, 0.717) is 44.2 Å². The van der Waals surface area contributed by atoms with Gasteiger partial charge < -0.3 is 4.42 Å². The Balaban J connectivity index is 1.54. The summed E-state index contributed by atoms with van der Waals surface area (Å²) in [5, 5.41) is 9.95. The van der Waals surface area contributed by atoms with Crippen molar-refractivity contribution in [3.05, 3.63) is 99.1 Å². The van der Waals surface area contributed by atoms with Crippen LogP contribution in [0.5, 0.6) is 0 Å². The zero-order valence-electron chi connectivity index (χ0n) is 17.9. The van der Waals surface area contributed by atoms with E-state index in [4.69, 9.17) is 21.0 Å². The third kappa shape index (κ3) is 4.29. The molecule has 0 saturated carbocycles. The first-order chi connectivity index (χ1) is 16.0. The Bertz CT molecular complexity index is 1520. The van der Waals surface area contributed by atoms with Gasteiger partial charge in [0.1, 0.15) is 0 Å². The van der Waals surface area contributed by atoms with E-state index in [1.807, 2.05) is 62.4 Å². The molecular weight excluding hydrogens is 456 g/mol. The summed E-state index contributed by atoms with van der Waals surface area (Å²) in [4.78, 5) is 18.2. The highest BCUT2D eigenvalue weighted by Gasteiger charge is 2.17. The Morgan fingerprint density at radius 2 is 1.70 bits per heavy atom. The van der Waals surface area contributed by atoms with E-state index in [1.54, 1.807) is 16.7 Å². The van der Waals surface area contributed by atoms with Crippen LogP contribution in [0.4, 0.5) is 0 Å². The van der Waals surface area contributed by atoms with Crippen molar-refractivity contribution in [3.63, 3.8) is 0 Å². The maximum Gasteiger partial charge on any atom is 0.266 e. The molecule has 0 bridgehead atoms. The van der Waals surface area contributed by atoms with Gasteiger partial charge in [0.15, 0.2) is 5.16 Å². The van der Waals surface area contributed by atoms with E-state index in [1.165, 1.54) is 11.8 Å². The first-order valence-corrected chi connectivity index (χ1v) is 11.7. The monoisotopic (exact) mass is 474 g/mol. The van der Waals surface area contributed by atoms with Crippen molar-refractivity contribution in [2.24, 2.45) is 0 Å². The minimum Gasteiger partial charge on any atom is -0.420 e. The van der Waals surface area contributed by atoms with Crippen LogP contribution < -0.4 is 5.56 Å². The Labute approximate surface area is 199 Å². The summed E-state index contributed by atoms with van der Waals surface area (Å²) in [5.41, 5.74) is 4.13. The molecule has 5 aromatic rings. The number of hydrogen-bond acceptors (Lipinski definition) is 6. The second-order valence-corrected chi connectivity index (χ2v) is 9.02. The molecule has 2 heterocycles. The maximum absolute atomic E-state index is 13.5. The molecule has 0 atom stereocenters. The largest absolute Gasteiger partial charge is 0.420 e. The molecule has 8 heteroatoms. The van der Waals surface area contributed by atoms with Gasteiger partial charge in [0.2, 0.25) is 11.8 Å². The fourth-order valence-electron chi connectivity index (χ4n) is 3.70. The molecule has 2 aromatic heterocycles. The summed E-state index contributed by atoms with van der Waals surface area (Å²) in [6, 6.07) is 20.7. The molecule has 0 aliphatic carbocycles. The number of hydrogen-bond donors (Lipinski definition) is 0. The fourth-order valence-corrected chi connectivity index (χ4v) is 4.76. The number of halogens is 1. The van der Waals surface area contributed by atoms with Crippen molar-refractivity contribution in [2.45, 2.75) is 24.8 Å². The molecule has 33 heavy (non-hydrogen) atoms. The van der Waals surface area contributed by atoms with Crippen molar-refractivity contribution >= 4 is 34.3 Å². The zero-order valence-corrected chi connectivity index (χ0v) is 19.5. The second kappa shape index (κ2) is 8.84. The average Bonchev–Trinajstić information content (AvgIpc) is 3.26. The first kappa shape index (κ1) is 21.4. The van der Waals surface area contributed by atoms with Gasteiger partial charge in [0.05, 0.1) is 32.9 Å². The number of para-hydroxylation sites is 1. The van der Waals surface area contributed by atoms with Crippen LogP contribution in [-0.2, 0) is 5.75 Å². The van der Waals surface area contributed by atoms with Crippen molar-refractivity contribution in [3.8, 4) is 17.1 Å². The lowest BCUT2D eigenvalue weighted by Crippen LogP contribution is -2.22. The van der Waals surface area contributed by atoms with E-state index in [9.17, 15) is 4.79 Å². The SMILES string of the molecule is Cc1cc(C)cc(-n2c(SCc3nnc(-c4ccccc4Cl)o3)nc3ccccc3c2=O)c1. The highest BCUT2D eigenvalue weighted by molar-refractivity contribution is 7.98. The van der Waals surface area contributed by atoms with E-state index in [-0.39, 0.29) is 5.56 Å². The van der Waals surface area contributed by atoms with Crippen LogP contribution in [0, 0.1) is 13.8 Å². The van der Waals surface area contributed by atoms with Gasteiger partial charge in [-0.3, -0.25) is 9.36 Å². The molecule has 0 unspecified atom stereocenters. The van der Waals surface area contributed by atoms with Crippen LogP contribution in [0.15, 0.2) is 81.1 Å². The van der Waals surface area contributed by atoms with Crippen LogP contribution in [0.25, 0.3) is 28.0 Å². The fraction of sp³-hybridized carbons (Fsp3) is 0.120. The average molecular weight is 475 g/mol. The highest BCUT2D eigenvalue weighted by atomic mass is 35.5. The predicted octanol–water partition coefficient (Wildman–Crippen LogP) is 6.00. The summed E-state index contributed by atoms with van der Waals surface area (Å²) in [7, 11) is 0. The Hall–Kier alpha value is -3.42. The van der Waals surface area contributed by atoms with Gasteiger partial charge in [-0.05, 0) is 61.4 Å². The van der Waals surface area contributed by atoms with Crippen molar-refractivity contribution < 1.29 is 4.42 Å². The quantitative estimate of drug-likeness (QED) is 0.230. The lowest BCUT2D eigenvalue weighted by molar-refractivity contribution is 0.528. The number of aryl methyl sites for hydroxylation is 2. The molecular formula is C25H19ClN4O2S. The minimum absolute atomic E-state index is 0.115. The zero-order chi connectivity index (χ0) is 22.9. The molecule has 0 amide bonds. The first-order valence-electron chi connectivity index (χ1n) is 10.3. The van der Waals surface area contributed by atoms with Gasteiger partial charge in [0.25, 0.3) is 5.56 Å². The number of fused-ring (bicyclic) bond motifs is 1. The number of rotatable bonds is 5. The summed E-state index contributed by atoms with van der Waals surface area (Å²) in [5.74, 6) is 1.13. The van der Waals surface area contributed by atoms with Gasteiger partial charge in [0, 0.05) is 0 Å². The van der Waals surface area contributed by atoms with Gasteiger partial charge >= 0.3 is 0 Å². The topological polar surface area (TPSA) is 73.8 Å². The summed E-state index contributed by atoms with van der Waals surface area (Å²) in [6.45, 7) is 4.02. The molecule has 0 fully saturated rings. The molecule has 6 nitrogen and oxygen atoms in total. The van der Waals surface area contributed by atoms with Crippen molar-refractivity contribution in [1.29, 1.82) is 0 Å². The number of benzene rings is 3. The van der Waals surface area contributed by atoms with E-state index >= 15 is 0 Å². The molecule has 5 rings (SSSR count). The van der Waals surface area contributed by atoms with Gasteiger partial charge in [-0.2, -0.15) is 0 Å². The maximum atomic E-state index is 13.5. The lowest BCUT2D eigenvalue weighted by atomic mass is 10.1. The van der Waals surface area contributed by atoms with Gasteiger partial charge in [-0.15, -0.1) is 10.2 Å². The molecule has 0 aliphatic heterocycles. The van der Waals surface area contributed by atoms with Crippen LogP contribution in [-0.4, -0.2) is 19.7 Å². The van der Waals surface area contributed by atoms with Gasteiger partial charge in [-0.1, -0.05) is 53.7 Å². The molecule has 0 spiro atoms. The Morgan fingerprint density at radius 1 is 0.970 bits per heavy atom. The predicted molar refractivity (Wildman–Crippen MR) is 131 cm³/mol. The van der Waals surface area contributed by atoms with Crippen LogP contribution in [0.1, 0.15) is 17.0 Å². The normalized spacial score (nSPS) is 11.2. The molecule has 164 valence electrons. The Morgan fingerprint density at radius 3 is 2.48 bits per heavy atom. The molecule has 0 aliphatic rings. The summed E-state index contributed by atoms with van der Waals surface area (Å²) < 4.78 is 7.48. The van der Waals surface area contributed by atoms with Crippen molar-refractivity contribution in [1.82, 2.24) is 19.7 Å². The standard InChI is InChI=1S/C25H19ClN4O2S/c1-15-11-16(2)13-17(12-15)30-24(31)19-8-4-6-10-21(19)27-25(30)33-14-22-28-29-23(32-22)18-7-3-5-9-20(18)26/h3-13H,14H2,1-2H3. The number of nitrogens with zero attached hydrogens (tertiary/aromatic N) is 4. The smallest absolute Gasteiger partial charge is 0.266 e. The van der Waals surface area contributed by atoms with Crippen molar-refractivity contribution in [2.75, 3.05) is 0 Å². The highest BCUT2D eigenvalue weighted by Crippen LogP contribution is 2.29. The second-order valence-electron chi connectivity index (χ2n) is 7.67. The van der Waals surface area contributed by atoms with Crippen LogP contribution in [0.3, 0.4) is 0 Å². The Kier molecular flexibility index (Phi) is 5.74. The molecule has 3 aromatic carbocycles. The summed E-state index contributed by atoms with van der Waals surface area (Å²) >= 11 is 7.62. The third-order valence-electron chi connectivity index (χ3n) is 5.11. The van der Waals surface area contributed by atoms with E-state index < -0.39 is 0 Å². The lowest BCUT2D eigenvalue weighted by Gasteiger charge is -2.14. The molecule has 0 N–H and O–H groups in total.